The number of hydrogen-bond acceptors (Lipinski definition) is 4. The Bertz CT molecular complexity index is 719. The molecule has 0 unspecified atom stereocenters. The predicted octanol–water partition coefficient (Wildman–Crippen LogP) is 2.33. The van der Waals surface area contributed by atoms with Crippen LogP contribution in [-0.2, 0) is 22.5 Å². The maximum Gasteiger partial charge on any atom is 0.339 e. The Morgan fingerprint density at radius 2 is 2.05 bits per heavy atom. The first-order valence-corrected chi connectivity index (χ1v) is 7.14. The van der Waals surface area contributed by atoms with Crippen LogP contribution in [0.3, 0.4) is 0 Å². The van der Waals surface area contributed by atoms with Gasteiger partial charge in [-0.25, -0.2) is 4.79 Å². The van der Waals surface area contributed by atoms with Crippen LogP contribution in [0.4, 0.5) is 0 Å². The summed E-state index contributed by atoms with van der Waals surface area (Å²) in [5.74, 6) is 0.837. The third-order valence-electron chi connectivity index (χ3n) is 3.73. The van der Waals surface area contributed by atoms with Crippen molar-refractivity contribution in [2.75, 3.05) is 7.05 Å². The van der Waals surface area contributed by atoms with Crippen molar-refractivity contribution in [2.45, 2.75) is 26.0 Å². The number of benzene rings is 1. The number of carbonyl (C=O) groups excluding carboxylic acids is 2. The summed E-state index contributed by atoms with van der Waals surface area (Å²) < 4.78 is 10.7. The lowest BCUT2D eigenvalue weighted by Gasteiger charge is -2.27. The summed E-state index contributed by atoms with van der Waals surface area (Å²) in [6.45, 7) is 2.20. The van der Waals surface area contributed by atoms with Crippen molar-refractivity contribution in [1.29, 1.82) is 0 Å². The molecular weight excluding hydrogens is 282 g/mol. The Balaban J connectivity index is 1.72. The molecule has 5 heteroatoms. The molecule has 0 radical (unpaired) electrons. The summed E-state index contributed by atoms with van der Waals surface area (Å²) in [7, 11) is 1.68. The monoisotopic (exact) mass is 299 g/mol. The van der Waals surface area contributed by atoms with Crippen LogP contribution in [0.2, 0.25) is 0 Å². The molecule has 2 aromatic rings. The topological polar surface area (TPSA) is 59.8 Å². The average molecular weight is 299 g/mol. The molecule has 1 aromatic carbocycles. The lowest BCUT2D eigenvalue weighted by atomic mass is 9.98. The smallest absolute Gasteiger partial charge is 0.339 e. The molecule has 0 N–H and O–H groups in total. The molecule has 0 spiro atoms. The third kappa shape index (κ3) is 2.74. The minimum atomic E-state index is -0.775. The van der Waals surface area contributed by atoms with Crippen molar-refractivity contribution in [3.63, 3.8) is 0 Å². The van der Waals surface area contributed by atoms with E-state index in [1.54, 1.807) is 19.2 Å². The molecule has 1 aromatic heterocycles. The summed E-state index contributed by atoms with van der Waals surface area (Å²) in [4.78, 5) is 26.0. The number of rotatable bonds is 3. The molecule has 0 aliphatic carbocycles. The molecule has 0 saturated heterocycles. The van der Waals surface area contributed by atoms with Crippen LogP contribution >= 0.6 is 0 Å². The molecule has 1 aliphatic rings. The van der Waals surface area contributed by atoms with Crippen LogP contribution < -0.4 is 0 Å². The predicted molar refractivity (Wildman–Crippen MR) is 79.3 cm³/mol. The Kier molecular flexibility index (Phi) is 3.71. The largest absolute Gasteiger partial charge is 0.464 e. The van der Waals surface area contributed by atoms with Crippen molar-refractivity contribution in [3.05, 3.63) is 59.0 Å². The van der Waals surface area contributed by atoms with Crippen molar-refractivity contribution >= 4 is 11.9 Å². The molecule has 1 aliphatic heterocycles. The number of esters is 1. The van der Waals surface area contributed by atoms with Gasteiger partial charge in [-0.2, -0.15) is 0 Å². The summed E-state index contributed by atoms with van der Waals surface area (Å²) >= 11 is 0. The summed E-state index contributed by atoms with van der Waals surface area (Å²) in [5, 5.41) is 0. The maximum atomic E-state index is 12.5. The van der Waals surface area contributed by atoms with E-state index in [0.29, 0.717) is 24.3 Å². The second-order valence-corrected chi connectivity index (χ2v) is 5.46. The second-order valence-electron chi connectivity index (χ2n) is 5.46. The first-order chi connectivity index (χ1) is 10.5. The van der Waals surface area contributed by atoms with E-state index in [1.807, 2.05) is 31.2 Å². The lowest BCUT2D eigenvalue weighted by molar-refractivity contribution is -0.140. The number of fused-ring (bicyclic) bond motifs is 1. The minimum absolute atomic E-state index is 0.225. The molecule has 0 saturated carbocycles. The highest BCUT2D eigenvalue weighted by Gasteiger charge is 2.32. The molecule has 0 fully saturated rings. The molecule has 22 heavy (non-hydrogen) atoms. The molecule has 5 nitrogen and oxygen atoms in total. The van der Waals surface area contributed by atoms with Crippen LogP contribution in [0.25, 0.3) is 0 Å². The first-order valence-electron chi connectivity index (χ1n) is 7.14. The van der Waals surface area contributed by atoms with Crippen LogP contribution in [-0.4, -0.2) is 29.9 Å². The highest BCUT2D eigenvalue weighted by Crippen LogP contribution is 2.22. The van der Waals surface area contributed by atoms with Crippen molar-refractivity contribution in [2.24, 2.45) is 0 Å². The van der Waals surface area contributed by atoms with E-state index in [-0.39, 0.29) is 5.91 Å². The van der Waals surface area contributed by atoms with Gasteiger partial charge in [0.2, 0.25) is 0 Å². The summed E-state index contributed by atoms with van der Waals surface area (Å²) in [5.41, 5.74) is 1.38. The highest BCUT2D eigenvalue weighted by atomic mass is 16.5. The van der Waals surface area contributed by atoms with Gasteiger partial charge in [0.05, 0.1) is 12.1 Å². The molecule has 1 atom stereocenters. The number of furan rings is 1. The zero-order chi connectivity index (χ0) is 15.7. The van der Waals surface area contributed by atoms with Gasteiger partial charge in [0, 0.05) is 13.5 Å². The van der Waals surface area contributed by atoms with E-state index < -0.39 is 12.1 Å². The van der Waals surface area contributed by atoms with Gasteiger partial charge in [0.1, 0.15) is 11.5 Å². The van der Waals surface area contributed by atoms with Gasteiger partial charge in [-0.15, -0.1) is 0 Å². The van der Waals surface area contributed by atoms with Crippen LogP contribution in [0.1, 0.15) is 27.4 Å². The summed E-state index contributed by atoms with van der Waals surface area (Å²) in [6.07, 6.45) is -0.370. The highest BCUT2D eigenvalue weighted by molar-refractivity contribution is 5.95. The van der Waals surface area contributed by atoms with Gasteiger partial charge in [-0.3, -0.25) is 4.79 Å². The number of likely N-dealkylation sites (N-methyl/N-ethyl adjacent to an activating group) is 1. The number of aryl methyl sites for hydroxylation is 1. The normalized spacial score (nSPS) is 16.8. The van der Waals surface area contributed by atoms with E-state index in [4.69, 9.17) is 9.15 Å². The SMILES string of the molecule is Cc1ccc(CN(C)C(=O)[C@@H]2Cc3ccccc3C(=O)O2)o1. The molecular formula is C17H17NO4. The summed E-state index contributed by atoms with van der Waals surface area (Å²) in [6, 6.07) is 10.9. The zero-order valence-corrected chi connectivity index (χ0v) is 12.5. The van der Waals surface area contributed by atoms with E-state index >= 15 is 0 Å². The zero-order valence-electron chi connectivity index (χ0n) is 12.5. The number of ether oxygens (including phenoxy) is 1. The molecule has 1 amide bonds. The second kappa shape index (κ2) is 5.67. The van der Waals surface area contributed by atoms with Gasteiger partial charge < -0.3 is 14.1 Å². The van der Waals surface area contributed by atoms with Crippen molar-refractivity contribution in [3.8, 4) is 0 Å². The third-order valence-corrected chi connectivity index (χ3v) is 3.73. The fourth-order valence-electron chi connectivity index (χ4n) is 2.60. The number of cyclic esters (lactones) is 1. The van der Waals surface area contributed by atoms with E-state index in [0.717, 1.165) is 11.3 Å². The van der Waals surface area contributed by atoms with E-state index in [1.165, 1.54) is 4.90 Å². The van der Waals surface area contributed by atoms with Crippen LogP contribution in [0.15, 0.2) is 40.8 Å². The van der Waals surface area contributed by atoms with E-state index in [9.17, 15) is 9.59 Å². The van der Waals surface area contributed by atoms with Crippen LogP contribution in [0.5, 0.6) is 0 Å². The van der Waals surface area contributed by atoms with E-state index in [2.05, 4.69) is 0 Å². The van der Waals surface area contributed by atoms with Gasteiger partial charge >= 0.3 is 5.97 Å². The number of amides is 1. The van der Waals surface area contributed by atoms with Gasteiger partial charge in [0.15, 0.2) is 6.10 Å². The molecule has 0 bridgehead atoms. The fraction of sp³-hybridized carbons (Fsp3) is 0.294. The molecule has 114 valence electrons. The van der Waals surface area contributed by atoms with Crippen molar-refractivity contribution < 1.29 is 18.7 Å². The Morgan fingerprint density at radius 3 is 2.77 bits per heavy atom. The Hall–Kier alpha value is -2.56. The number of hydrogen-bond donors (Lipinski definition) is 0. The van der Waals surface area contributed by atoms with Gasteiger partial charge in [-0.05, 0) is 30.7 Å². The molecule has 2 heterocycles. The standard InChI is InChI=1S/C17H17NO4/c1-11-7-8-13(21-11)10-18(2)16(19)15-9-12-5-3-4-6-14(12)17(20)22-15/h3-8,15H,9-10H2,1-2H3/t15-/m0/s1. The Labute approximate surface area is 128 Å². The first kappa shape index (κ1) is 14.4. The number of carbonyl (C=O) groups is 2. The Morgan fingerprint density at radius 1 is 1.27 bits per heavy atom. The quantitative estimate of drug-likeness (QED) is 0.816. The van der Waals surface area contributed by atoms with Gasteiger partial charge in [0.25, 0.3) is 5.91 Å². The lowest BCUT2D eigenvalue weighted by Crippen LogP contribution is -2.42. The van der Waals surface area contributed by atoms with Gasteiger partial charge in [-0.1, -0.05) is 18.2 Å². The fourth-order valence-corrected chi connectivity index (χ4v) is 2.60. The minimum Gasteiger partial charge on any atom is -0.464 e. The maximum absolute atomic E-state index is 12.5. The van der Waals surface area contributed by atoms with Crippen LogP contribution in [0, 0.1) is 6.92 Å². The van der Waals surface area contributed by atoms with Crippen molar-refractivity contribution in [1.82, 2.24) is 4.90 Å². The average Bonchev–Trinajstić information content (AvgIpc) is 2.91. The molecule has 3 rings (SSSR count). The number of nitrogens with zero attached hydrogens (tertiary/aromatic N) is 1.